The van der Waals surface area contributed by atoms with Crippen molar-refractivity contribution in [3.05, 3.63) is 76.4 Å². The highest BCUT2D eigenvalue weighted by atomic mass is 79.9. The summed E-state index contributed by atoms with van der Waals surface area (Å²) in [4.78, 5) is 21.9. The molecule has 0 radical (unpaired) electrons. The summed E-state index contributed by atoms with van der Waals surface area (Å²) in [6.07, 6.45) is 2.92. The lowest BCUT2D eigenvalue weighted by molar-refractivity contribution is -0.116. The van der Waals surface area contributed by atoms with Crippen molar-refractivity contribution in [2.45, 2.75) is 6.92 Å². The van der Waals surface area contributed by atoms with Crippen molar-refractivity contribution in [2.24, 2.45) is 0 Å². The number of amides is 1. The normalized spacial score (nSPS) is 10.8. The van der Waals surface area contributed by atoms with Crippen LogP contribution in [0.4, 0.5) is 16.0 Å². The SMILES string of the molecule is CC(=O)N(c1onc(-c2cccc(Br)c2)c1-c1ccncn1)c1c(F)cccc1Cl. The zero-order valence-corrected chi connectivity index (χ0v) is 17.9. The molecule has 9 heteroatoms. The fraction of sp³-hybridized carbons (Fsp3) is 0.0476. The van der Waals surface area contributed by atoms with Crippen molar-refractivity contribution in [3.63, 3.8) is 0 Å². The number of hydrogen-bond acceptors (Lipinski definition) is 5. The van der Waals surface area contributed by atoms with Crippen LogP contribution in [0.3, 0.4) is 0 Å². The van der Waals surface area contributed by atoms with E-state index >= 15 is 0 Å². The van der Waals surface area contributed by atoms with Gasteiger partial charge in [0.25, 0.3) is 0 Å². The van der Waals surface area contributed by atoms with Crippen LogP contribution < -0.4 is 4.90 Å². The summed E-state index contributed by atoms with van der Waals surface area (Å²) < 4.78 is 21.1. The molecular weight excluding hydrogens is 475 g/mol. The molecule has 2 aromatic heterocycles. The second kappa shape index (κ2) is 8.33. The first-order valence-electron chi connectivity index (χ1n) is 8.74. The van der Waals surface area contributed by atoms with Crippen LogP contribution in [0.15, 0.2) is 70.1 Å². The van der Waals surface area contributed by atoms with Crippen molar-refractivity contribution in [1.82, 2.24) is 15.1 Å². The second-order valence-electron chi connectivity index (χ2n) is 6.24. The Bertz CT molecular complexity index is 1210. The lowest BCUT2D eigenvalue weighted by Gasteiger charge is -2.20. The summed E-state index contributed by atoms with van der Waals surface area (Å²) in [7, 11) is 0. The highest BCUT2D eigenvalue weighted by Gasteiger charge is 2.31. The molecule has 0 atom stereocenters. The molecule has 6 nitrogen and oxygen atoms in total. The predicted molar refractivity (Wildman–Crippen MR) is 115 cm³/mol. The van der Waals surface area contributed by atoms with Gasteiger partial charge >= 0.3 is 0 Å². The van der Waals surface area contributed by atoms with Gasteiger partial charge in [0.2, 0.25) is 11.8 Å². The maximum Gasteiger partial charge on any atom is 0.248 e. The van der Waals surface area contributed by atoms with Crippen LogP contribution in [0.25, 0.3) is 22.5 Å². The molecule has 0 aliphatic carbocycles. The summed E-state index contributed by atoms with van der Waals surface area (Å²) in [5, 5.41) is 4.23. The topological polar surface area (TPSA) is 72.1 Å². The number of anilines is 2. The number of carbonyl (C=O) groups is 1. The lowest BCUT2D eigenvalue weighted by Crippen LogP contribution is -2.24. The summed E-state index contributed by atoms with van der Waals surface area (Å²) in [5.74, 6) is -1.18. The Morgan fingerprint density at radius 3 is 2.67 bits per heavy atom. The van der Waals surface area contributed by atoms with Crippen LogP contribution in [0.5, 0.6) is 0 Å². The van der Waals surface area contributed by atoms with Gasteiger partial charge < -0.3 is 4.52 Å². The number of benzene rings is 2. The number of hydrogen-bond donors (Lipinski definition) is 0. The van der Waals surface area contributed by atoms with E-state index in [1.807, 2.05) is 24.3 Å². The Hall–Kier alpha value is -3.10. The van der Waals surface area contributed by atoms with Gasteiger partial charge in [0.05, 0.1) is 16.3 Å². The molecule has 150 valence electrons. The van der Waals surface area contributed by atoms with E-state index in [2.05, 4.69) is 31.1 Å². The molecule has 0 spiro atoms. The van der Waals surface area contributed by atoms with Gasteiger partial charge in [-0.05, 0) is 30.3 Å². The smallest absolute Gasteiger partial charge is 0.248 e. The van der Waals surface area contributed by atoms with Crippen LogP contribution in [0, 0.1) is 5.82 Å². The van der Waals surface area contributed by atoms with E-state index in [9.17, 15) is 9.18 Å². The van der Waals surface area contributed by atoms with E-state index in [-0.39, 0.29) is 16.6 Å². The number of aromatic nitrogens is 3. The highest BCUT2D eigenvalue weighted by Crippen LogP contribution is 2.43. The Morgan fingerprint density at radius 1 is 1.20 bits per heavy atom. The van der Waals surface area contributed by atoms with E-state index in [0.29, 0.717) is 17.0 Å². The van der Waals surface area contributed by atoms with Crippen molar-refractivity contribution in [2.75, 3.05) is 4.90 Å². The largest absolute Gasteiger partial charge is 0.336 e. The Balaban J connectivity index is 2.01. The average molecular weight is 488 g/mol. The van der Waals surface area contributed by atoms with E-state index in [4.69, 9.17) is 16.1 Å². The molecule has 4 rings (SSSR count). The van der Waals surface area contributed by atoms with Gasteiger partial charge in [0.1, 0.15) is 23.5 Å². The molecule has 30 heavy (non-hydrogen) atoms. The fourth-order valence-electron chi connectivity index (χ4n) is 3.04. The molecule has 0 saturated heterocycles. The molecule has 0 unspecified atom stereocenters. The third-order valence-corrected chi connectivity index (χ3v) is 5.09. The fourth-order valence-corrected chi connectivity index (χ4v) is 3.69. The van der Waals surface area contributed by atoms with Crippen molar-refractivity contribution in [1.29, 1.82) is 0 Å². The van der Waals surface area contributed by atoms with Crippen LogP contribution >= 0.6 is 27.5 Å². The zero-order chi connectivity index (χ0) is 21.3. The number of halogens is 3. The Morgan fingerprint density at radius 2 is 2.00 bits per heavy atom. The molecule has 2 aromatic carbocycles. The molecule has 0 aliphatic rings. The van der Waals surface area contributed by atoms with Gasteiger partial charge in [0.15, 0.2) is 0 Å². The molecule has 1 amide bonds. The van der Waals surface area contributed by atoms with Gasteiger partial charge in [0, 0.05) is 23.2 Å². The summed E-state index contributed by atoms with van der Waals surface area (Å²) in [6, 6.07) is 13.2. The first kappa shape index (κ1) is 20.2. The predicted octanol–water partition coefficient (Wildman–Crippen LogP) is 6.04. The van der Waals surface area contributed by atoms with E-state index in [1.54, 1.807) is 12.3 Å². The van der Waals surface area contributed by atoms with E-state index in [0.717, 1.165) is 14.9 Å². The summed E-state index contributed by atoms with van der Waals surface area (Å²) in [5.41, 5.74) is 1.89. The van der Waals surface area contributed by atoms with Crippen molar-refractivity contribution >= 4 is 45.0 Å². The van der Waals surface area contributed by atoms with Gasteiger partial charge in [-0.25, -0.2) is 19.3 Å². The van der Waals surface area contributed by atoms with Gasteiger partial charge in [-0.3, -0.25) is 4.79 Å². The molecular formula is C21H13BrClFN4O2. The van der Waals surface area contributed by atoms with Gasteiger partial charge in [-0.15, -0.1) is 0 Å². The van der Waals surface area contributed by atoms with Crippen LogP contribution in [-0.2, 0) is 4.79 Å². The Kier molecular flexibility index (Phi) is 5.61. The third kappa shape index (κ3) is 3.71. The lowest BCUT2D eigenvalue weighted by atomic mass is 10.0. The van der Waals surface area contributed by atoms with Crippen LogP contribution in [0.2, 0.25) is 5.02 Å². The molecule has 2 heterocycles. The second-order valence-corrected chi connectivity index (χ2v) is 7.56. The highest BCUT2D eigenvalue weighted by molar-refractivity contribution is 9.10. The maximum atomic E-state index is 14.7. The zero-order valence-electron chi connectivity index (χ0n) is 15.5. The monoisotopic (exact) mass is 486 g/mol. The minimum absolute atomic E-state index is 0.00294. The Labute approximate surface area is 184 Å². The summed E-state index contributed by atoms with van der Waals surface area (Å²) in [6.45, 7) is 1.29. The van der Waals surface area contributed by atoms with E-state index in [1.165, 1.54) is 31.5 Å². The molecule has 0 aliphatic heterocycles. The third-order valence-electron chi connectivity index (χ3n) is 4.29. The quantitative estimate of drug-likeness (QED) is 0.351. The average Bonchev–Trinajstić information content (AvgIpc) is 3.15. The molecule has 0 saturated carbocycles. The van der Waals surface area contributed by atoms with Crippen molar-refractivity contribution in [3.8, 4) is 22.5 Å². The van der Waals surface area contributed by atoms with Gasteiger partial charge in [-0.2, -0.15) is 0 Å². The number of carbonyl (C=O) groups excluding carboxylic acids is 1. The minimum atomic E-state index is -0.674. The molecule has 0 fully saturated rings. The molecule has 4 aromatic rings. The first-order valence-corrected chi connectivity index (χ1v) is 9.91. The van der Waals surface area contributed by atoms with E-state index < -0.39 is 11.7 Å². The van der Waals surface area contributed by atoms with Crippen LogP contribution in [0.1, 0.15) is 6.92 Å². The number of rotatable bonds is 4. The maximum absolute atomic E-state index is 14.7. The summed E-state index contributed by atoms with van der Waals surface area (Å²) >= 11 is 9.67. The number of para-hydroxylation sites is 1. The standard InChI is InChI=1S/C21H13BrClFN4O2/c1-12(29)28(20-15(23)6-3-7-16(20)24)21-18(17-8-9-25-11-26-17)19(27-30-21)13-4-2-5-14(22)10-13/h2-11H,1H3. The molecule has 0 N–H and O–H groups in total. The van der Waals surface area contributed by atoms with Crippen LogP contribution in [-0.4, -0.2) is 21.0 Å². The van der Waals surface area contributed by atoms with Gasteiger partial charge in [-0.1, -0.05) is 50.9 Å². The minimum Gasteiger partial charge on any atom is -0.336 e. The first-order chi connectivity index (χ1) is 14.5. The molecule has 0 bridgehead atoms. The van der Waals surface area contributed by atoms with Crippen molar-refractivity contribution < 1.29 is 13.7 Å². The number of nitrogens with zero attached hydrogens (tertiary/aromatic N) is 4.